The Hall–Kier alpha value is -2.80. The van der Waals surface area contributed by atoms with Crippen LogP contribution in [0.15, 0.2) is 42.6 Å². The van der Waals surface area contributed by atoms with E-state index in [-0.39, 0.29) is 5.91 Å². The van der Waals surface area contributed by atoms with Crippen molar-refractivity contribution in [2.75, 3.05) is 12.4 Å². The first-order chi connectivity index (χ1) is 10.7. The summed E-state index contributed by atoms with van der Waals surface area (Å²) in [7, 11) is 1.33. The minimum absolute atomic E-state index is 0.317. The molecule has 22 heavy (non-hydrogen) atoms. The van der Waals surface area contributed by atoms with Crippen LogP contribution in [-0.4, -0.2) is 29.0 Å². The first-order valence-corrected chi connectivity index (χ1v) is 7.20. The Bertz CT molecular complexity index is 846. The molecule has 1 amide bonds. The highest BCUT2D eigenvalue weighted by molar-refractivity contribution is 7.22. The number of amides is 1. The van der Waals surface area contributed by atoms with Gasteiger partial charge in [-0.25, -0.2) is 9.78 Å². The molecule has 110 valence electrons. The summed E-state index contributed by atoms with van der Waals surface area (Å²) in [5.41, 5.74) is 1.47. The lowest BCUT2D eigenvalue weighted by Gasteiger charge is -1.99. The molecular formula is C15H11N3O3S. The number of aromatic nitrogens is 2. The number of benzene rings is 1. The fourth-order valence-corrected chi connectivity index (χ4v) is 2.78. The molecule has 0 radical (unpaired) electrons. The lowest BCUT2D eigenvalue weighted by atomic mass is 10.2. The number of pyridine rings is 1. The summed E-state index contributed by atoms with van der Waals surface area (Å²) in [5, 5.41) is 3.15. The van der Waals surface area contributed by atoms with Crippen molar-refractivity contribution in [2.24, 2.45) is 0 Å². The van der Waals surface area contributed by atoms with Gasteiger partial charge in [0.25, 0.3) is 5.91 Å². The summed E-state index contributed by atoms with van der Waals surface area (Å²) >= 11 is 1.28. The van der Waals surface area contributed by atoms with Gasteiger partial charge in [0.1, 0.15) is 5.69 Å². The standard InChI is InChI=1S/C15H11N3O3S/c1-21-14(20)9-5-6-10-12(8-9)22-15(17-10)18-13(19)11-4-2-3-7-16-11/h2-8H,1H3,(H,17,18,19). The molecule has 1 N–H and O–H groups in total. The number of nitrogens with zero attached hydrogens (tertiary/aromatic N) is 2. The van der Waals surface area contributed by atoms with Gasteiger partial charge in [0.05, 0.1) is 22.9 Å². The number of fused-ring (bicyclic) bond motifs is 1. The number of nitrogens with one attached hydrogen (secondary N) is 1. The van der Waals surface area contributed by atoms with E-state index in [0.29, 0.717) is 21.9 Å². The monoisotopic (exact) mass is 313 g/mol. The highest BCUT2D eigenvalue weighted by Gasteiger charge is 2.12. The molecule has 0 saturated heterocycles. The van der Waals surface area contributed by atoms with Crippen molar-refractivity contribution in [3.05, 3.63) is 53.9 Å². The molecular weight excluding hydrogens is 302 g/mol. The summed E-state index contributed by atoms with van der Waals surface area (Å²) < 4.78 is 5.47. The summed E-state index contributed by atoms with van der Waals surface area (Å²) in [6.07, 6.45) is 1.55. The van der Waals surface area contributed by atoms with E-state index in [2.05, 4.69) is 20.0 Å². The average Bonchev–Trinajstić information content (AvgIpc) is 2.96. The Kier molecular flexibility index (Phi) is 3.80. The third-order valence-electron chi connectivity index (χ3n) is 2.93. The predicted octanol–water partition coefficient (Wildman–Crippen LogP) is 2.73. The fraction of sp³-hybridized carbons (Fsp3) is 0.0667. The number of methoxy groups -OCH3 is 1. The molecule has 0 atom stereocenters. The van der Waals surface area contributed by atoms with Crippen LogP contribution in [0.5, 0.6) is 0 Å². The Morgan fingerprint density at radius 1 is 1.23 bits per heavy atom. The average molecular weight is 313 g/mol. The summed E-state index contributed by atoms with van der Waals surface area (Å²) in [6, 6.07) is 10.1. The zero-order valence-corrected chi connectivity index (χ0v) is 12.4. The maximum atomic E-state index is 12.0. The molecule has 7 heteroatoms. The molecule has 2 aromatic heterocycles. The van der Waals surface area contributed by atoms with Crippen LogP contribution in [0.25, 0.3) is 10.2 Å². The van der Waals surface area contributed by atoms with Gasteiger partial charge in [-0.2, -0.15) is 0 Å². The molecule has 2 heterocycles. The number of anilines is 1. The Morgan fingerprint density at radius 2 is 2.09 bits per heavy atom. The van der Waals surface area contributed by atoms with E-state index in [4.69, 9.17) is 0 Å². The third kappa shape index (κ3) is 2.79. The van der Waals surface area contributed by atoms with Crippen LogP contribution >= 0.6 is 11.3 Å². The van der Waals surface area contributed by atoms with Crippen molar-refractivity contribution >= 4 is 38.6 Å². The van der Waals surface area contributed by atoms with Crippen LogP contribution in [0.3, 0.4) is 0 Å². The number of esters is 1. The SMILES string of the molecule is COC(=O)c1ccc2nc(NC(=O)c3ccccn3)sc2c1. The van der Waals surface area contributed by atoms with Crippen molar-refractivity contribution < 1.29 is 14.3 Å². The van der Waals surface area contributed by atoms with E-state index in [1.165, 1.54) is 18.4 Å². The molecule has 0 spiro atoms. The molecule has 0 saturated carbocycles. The number of carbonyl (C=O) groups is 2. The van der Waals surface area contributed by atoms with Gasteiger partial charge in [0.2, 0.25) is 0 Å². The van der Waals surface area contributed by atoms with Gasteiger partial charge in [-0.3, -0.25) is 15.1 Å². The van der Waals surface area contributed by atoms with Crippen molar-refractivity contribution in [3.63, 3.8) is 0 Å². The molecule has 0 unspecified atom stereocenters. The number of thiazole rings is 1. The first kappa shape index (κ1) is 14.2. The molecule has 0 fully saturated rings. The van der Waals surface area contributed by atoms with Crippen LogP contribution in [0, 0.1) is 0 Å². The molecule has 0 aliphatic heterocycles. The molecule has 0 aliphatic carbocycles. The Morgan fingerprint density at radius 3 is 2.82 bits per heavy atom. The van der Waals surface area contributed by atoms with E-state index in [1.807, 2.05) is 0 Å². The zero-order chi connectivity index (χ0) is 15.5. The van der Waals surface area contributed by atoms with Crippen molar-refractivity contribution in [2.45, 2.75) is 0 Å². The van der Waals surface area contributed by atoms with Crippen molar-refractivity contribution in [3.8, 4) is 0 Å². The topological polar surface area (TPSA) is 81.2 Å². The van der Waals surface area contributed by atoms with Gasteiger partial charge < -0.3 is 4.74 Å². The van der Waals surface area contributed by atoms with Crippen LogP contribution in [0.1, 0.15) is 20.8 Å². The predicted molar refractivity (Wildman–Crippen MR) is 83.1 cm³/mol. The highest BCUT2D eigenvalue weighted by atomic mass is 32.1. The number of rotatable bonds is 3. The van der Waals surface area contributed by atoms with Crippen LogP contribution in [-0.2, 0) is 4.74 Å². The lowest BCUT2D eigenvalue weighted by molar-refractivity contribution is 0.0601. The lowest BCUT2D eigenvalue weighted by Crippen LogP contribution is -2.12. The first-order valence-electron chi connectivity index (χ1n) is 6.38. The molecule has 0 aliphatic rings. The van der Waals surface area contributed by atoms with E-state index in [1.54, 1.807) is 42.6 Å². The summed E-state index contributed by atoms with van der Waals surface area (Å²) in [5.74, 6) is -0.734. The van der Waals surface area contributed by atoms with Gasteiger partial charge in [0, 0.05) is 6.20 Å². The van der Waals surface area contributed by atoms with E-state index in [9.17, 15) is 9.59 Å². The smallest absolute Gasteiger partial charge is 0.337 e. The van der Waals surface area contributed by atoms with Crippen molar-refractivity contribution in [1.82, 2.24) is 9.97 Å². The van der Waals surface area contributed by atoms with Crippen molar-refractivity contribution in [1.29, 1.82) is 0 Å². The molecule has 3 rings (SSSR count). The minimum Gasteiger partial charge on any atom is -0.465 e. The molecule has 3 aromatic rings. The Balaban J connectivity index is 1.86. The van der Waals surface area contributed by atoms with Crippen LogP contribution in [0.4, 0.5) is 5.13 Å². The largest absolute Gasteiger partial charge is 0.465 e. The van der Waals surface area contributed by atoms with Gasteiger partial charge in [-0.15, -0.1) is 0 Å². The third-order valence-corrected chi connectivity index (χ3v) is 3.86. The second kappa shape index (κ2) is 5.90. The minimum atomic E-state index is -0.408. The number of ether oxygens (including phenoxy) is 1. The normalized spacial score (nSPS) is 10.4. The zero-order valence-electron chi connectivity index (χ0n) is 11.6. The van der Waals surface area contributed by atoms with Gasteiger partial charge in [-0.05, 0) is 30.3 Å². The molecule has 1 aromatic carbocycles. The summed E-state index contributed by atoms with van der Waals surface area (Å²) in [6.45, 7) is 0. The fourth-order valence-electron chi connectivity index (χ4n) is 1.88. The molecule has 0 bridgehead atoms. The highest BCUT2D eigenvalue weighted by Crippen LogP contribution is 2.27. The van der Waals surface area contributed by atoms with E-state index >= 15 is 0 Å². The van der Waals surface area contributed by atoms with Gasteiger partial charge in [-0.1, -0.05) is 17.4 Å². The summed E-state index contributed by atoms with van der Waals surface area (Å²) in [4.78, 5) is 31.8. The van der Waals surface area contributed by atoms with Gasteiger partial charge >= 0.3 is 5.97 Å². The maximum absolute atomic E-state index is 12.0. The van der Waals surface area contributed by atoms with Crippen LogP contribution in [0.2, 0.25) is 0 Å². The molecule has 6 nitrogen and oxygen atoms in total. The number of hydrogen-bond acceptors (Lipinski definition) is 6. The second-order valence-electron chi connectivity index (χ2n) is 4.36. The second-order valence-corrected chi connectivity index (χ2v) is 5.39. The Labute approximate surface area is 129 Å². The van der Waals surface area contributed by atoms with E-state index < -0.39 is 5.97 Å². The van der Waals surface area contributed by atoms with Crippen LogP contribution < -0.4 is 5.32 Å². The quantitative estimate of drug-likeness (QED) is 0.752. The number of carbonyl (C=O) groups excluding carboxylic acids is 2. The number of hydrogen-bond donors (Lipinski definition) is 1. The maximum Gasteiger partial charge on any atom is 0.337 e. The van der Waals surface area contributed by atoms with E-state index in [0.717, 1.165) is 4.70 Å². The van der Waals surface area contributed by atoms with Gasteiger partial charge in [0.15, 0.2) is 5.13 Å².